The molecule has 6 rings (SSSR count). The highest BCUT2D eigenvalue weighted by molar-refractivity contribution is 6.31. The summed E-state index contributed by atoms with van der Waals surface area (Å²) in [5.74, 6) is 0.517. The van der Waals surface area contributed by atoms with E-state index in [0.29, 0.717) is 23.7 Å². The first-order chi connectivity index (χ1) is 17.1. The number of methoxy groups -OCH3 is 1. The first-order valence-corrected chi connectivity index (χ1v) is 12.0. The molecule has 6 nitrogen and oxygen atoms in total. The Balaban J connectivity index is 1.48. The van der Waals surface area contributed by atoms with Crippen LogP contribution in [0.15, 0.2) is 72.8 Å². The monoisotopic (exact) mass is 485 g/mol. The number of nitrogens with one attached hydrogen (secondary N) is 1. The van der Waals surface area contributed by atoms with Crippen molar-refractivity contribution in [2.24, 2.45) is 0 Å². The van der Waals surface area contributed by atoms with Crippen LogP contribution in [0.2, 0.25) is 5.02 Å². The normalized spacial score (nSPS) is 19.6. The van der Waals surface area contributed by atoms with Crippen LogP contribution in [0.25, 0.3) is 10.9 Å². The molecule has 2 amide bonds. The first-order valence-electron chi connectivity index (χ1n) is 11.6. The predicted octanol–water partition coefficient (Wildman–Crippen LogP) is 4.72. The minimum Gasteiger partial charge on any atom is -0.496 e. The number of rotatable bonds is 4. The molecule has 0 bridgehead atoms. The Kier molecular flexibility index (Phi) is 5.26. The van der Waals surface area contributed by atoms with E-state index in [1.165, 1.54) is 0 Å². The number of carbonyl (C=O) groups is 2. The lowest BCUT2D eigenvalue weighted by atomic mass is 9.85. The van der Waals surface area contributed by atoms with Crippen LogP contribution in [0.4, 0.5) is 0 Å². The van der Waals surface area contributed by atoms with Crippen LogP contribution in [0.5, 0.6) is 5.75 Å². The lowest BCUT2D eigenvalue weighted by Gasteiger charge is -2.47. The second-order valence-corrected chi connectivity index (χ2v) is 9.42. The second-order valence-electron chi connectivity index (χ2n) is 9.01. The fourth-order valence-corrected chi connectivity index (χ4v) is 5.70. The minimum absolute atomic E-state index is 0.00175. The molecule has 1 fully saturated rings. The van der Waals surface area contributed by atoms with E-state index < -0.39 is 12.1 Å². The average molecular weight is 486 g/mol. The third-order valence-electron chi connectivity index (χ3n) is 7.09. The van der Waals surface area contributed by atoms with E-state index >= 15 is 0 Å². The molecule has 2 atom stereocenters. The van der Waals surface area contributed by atoms with Gasteiger partial charge in [0.1, 0.15) is 24.4 Å². The summed E-state index contributed by atoms with van der Waals surface area (Å²) < 4.78 is 5.68. The average Bonchev–Trinajstić information content (AvgIpc) is 3.25. The van der Waals surface area contributed by atoms with Gasteiger partial charge in [0.2, 0.25) is 11.8 Å². The molecule has 0 unspecified atom stereocenters. The molecule has 3 heterocycles. The molecule has 1 saturated heterocycles. The van der Waals surface area contributed by atoms with Gasteiger partial charge in [0.25, 0.3) is 0 Å². The van der Waals surface area contributed by atoms with Crippen LogP contribution in [0, 0.1) is 0 Å². The summed E-state index contributed by atoms with van der Waals surface area (Å²) in [6.45, 7) is 0.302. The maximum absolute atomic E-state index is 13.9. The number of amides is 2. The zero-order valence-corrected chi connectivity index (χ0v) is 20.0. The van der Waals surface area contributed by atoms with Gasteiger partial charge in [0.05, 0.1) is 7.11 Å². The van der Waals surface area contributed by atoms with Crippen molar-refractivity contribution < 1.29 is 14.3 Å². The van der Waals surface area contributed by atoms with E-state index in [1.54, 1.807) is 23.0 Å². The van der Waals surface area contributed by atoms with Crippen LogP contribution < -0.4 is 4.74 Å². The zero-order valence-electron chi connectivity index (χ0n) is 19.2. The van der Waals surface area contributed by atoms with Gasteiger partial charge in [0.15, 0.2) is 0 Å². The molecule has 2 aliphatic heterocycles. The van der Waals surface area contributed by atoms with Crippen molar-refractivity contribution in [2.45, 2.75) is 25.0 Å². The number of piperazine rings is 1. The number of ether oxygens (including phenoxy) is 1. The molecule has 7 heteroatoms. The van der Waals surface area contributed by atoms with Crippen molar-refractivity contribution >= 4 is 34.3 Å². The van der Waals surface area contributed by atoms with E-state index in [4.69, 9.17) is 16.3 Å². The van der Waals surface area contributed by atoms with Gasteiger partial charge < -0.3 is 19.5 Å². The Morgan fingerprint density at radius 3 is 2.57 bits per heavy atom. The summed E-state index contributed by atoms with van der Waals surface area (Å²) in [7, 11) is 1.62. The maximum Gasteiger partial charge on any atom is 0.246 e. The second kappa shape index (κ2) is 8.47. The molecular formula is C28H24ClN3O3. The number of hydrogen-bond acceptors (Lipinski definition) is 3. The molecule has 4 aromatic rings. The number of carbonyl (C=O) groups excluding carboxylic acids is 2. The number of fused-ring (bicyclic) bond motifs is 4. The smallest absolute Gasteiger partial charge is 0.246 e. The van der Waals surface area contributed by atoms with Crippen molar-refractivity contribution in [1.29, 1.82) is 0 Å². The third kappa shape index (κ3) is 3.48. The fraction of sp³-hybridized carbons (Fsp3) is 0.214. The van der Waals surface area contributed by atoms with Gasteiger partial charge in [-0.3, -0.25) is 9.59 Å². The number of para-hydroxylation sites is 2. The number of H-pyrrole nitrogens is 1. The lowest BCUT2D eigenvalue weighted by molar-refractivity contribution is -0.159. The largest absolute Gasteiger partial charge is 0.496 e. The summed E-state index contributed by atoms with van der Waals surface area (Å²) in [4.78, 5) is 34.5. The standard InChI is InChI=1S/C28H24ClN3O3/c1-35-24-13-7-4-10-19(24)27-26-20(18-9-3-6-12-22(18)30-26)14-23-28(34)31(16-25(33)32(23)27)15-17-8-2-5-11-21(17)29/h2-13,23,27,30H,14-16H2,1H3/t23-,27-/m0/s1. The predicted molar refractivity (Wildman–Crippen MR) is 134 cm³/mol. The Morgan fingerprint density at radius 2 is 1.74 bits per heavy atom. The molecule has 1 aromatic heterocycles. The molecule has 2 aliphatic rings. The quantitative estimate of drug-likeness (QED) is 0.455. The van der Waals surface area contributed by atoms with Crippen LogP contribution in [0.3, 0.4) is 0 Å². The molecule has 0 radical (unpaired) electrons. The van der Waals surface area contributed by atoms with Crippen LogP contribution >= 0.6 is 11.6 Å². The van der Waals surface area contributed by atoms with Crippen molar-refractivity contribution in [2.75, 3.05) is 13.7 Å². The minimum atomic E-state index is -0.611. The van der Waals surface area contributed by atoms with E-state index in [1.807, 2.05) is 60.7 Å². The zero-order chi connectivity index (χ0) is 24.1. The van der Waals surface area contributed by atoms with Gasteiger partial charge in [0, 0.05) is 40.1 Å². The number of aromatic amines is 1. The number of aromatic nitrogens is 1. The summed E-state index contributed by atoms with van der Waals surface area (Å²) in [6.07, 6.45) is 0.453. The van der Waals surface area contributed by atoms with E-state index in [2.05, 4.69) is 11.1 Å². The highest BCUT2D eigenvalue weighted by Gasteiger charge is 2.48. The molecule has 0 spiro atoms. The highest BCUT2D eigenvalue weighted by Crippen LogP contribution is 2.45. The van der Waals surface area contributed by atoms with Crippen molar-refractivity contribution in [1.82, 2.24) is 14.8 Å². The lowest BCUT2D eigenvalue weighted by Crippen LogP contribution is -2.62. The Morgan fingerprint density at radius 1 is 1.00 bits per heavy atom. The van der Waals surface area contributed by atoms with Crippen LogP contribution in [0.1, 0.15) is 28.4 Å². The number of hydrogen-bond donors (Lipinski definition) is 1. The Labute approximate surface area is 208 Å². The highest BCUT2D eigenvalue weighted by atomic mass is 35.5. The van der Waals surface area contributed by atoms with Crippen LogP contribution in [-0.4, -0.2) is 46.3 Å². The van der Waals surface area contributed by atoms with Crippen molar-refractivity contribution in [3.05, 3.63) is 100 Å². The number of halogens is 1. The SMILES string of the molecule is COc1ccccc1[C@H]1c2[nH]c3ccccc3c2C[C@H]2C(=O)N(Cc3ccccc3Cl)CC(=O)N12. The molecule has 0 aliphatic carbocycles. The van der Waals surface area contributed by atoms with Crippen LogP contribution in [-0.2, 0) is 22.6 Å². The van der Waals surface area contributed by atoms with Gasteiger partial charge in [-0.15, -0.1) is 0 Å². The summed E-state index contributed by atoms with van der Waals surface area (Å²) in [5, 5.41) is 1.66. The molecular weight excluding hydrogens is 462 g/mol. The Bertz CT molecular complexity index is 1460. The van der Waals surface area contributed by atoms with Gasteiger partial charge in [-0.25, -0.2) is 0 Å². The number of benzene rings is 3. The maximum atomic E-state index is 13.9. The molecule has 3 aromatic carbocycles. The van der Waals surface area contributed by atoms with Gasteiger partial charge in [-0.05, 0) is 29.3 Å². The number of nitrogens with zero attached hydrogens (tertiary/aromatic N) is 2. The van der Waals surface area contributed by atoms with Gasteiger partial charge in [-0.2, -0.15) is 0 Å². The van der Waals surface area contributed by atoms with E-state index in [0.717, 1.165) is 33.3 Å². The van der Waals surface area contributed by atoms with Crippen molar-refractivity contribution in [3.63, 3.8) is 0 Å². The summed E-state index contributed by atoms with van der Waals surface area (Å²) in [5.41, 5.74) is 4.68. The first kappa shape index (κ1) is 21.7. The summed E-state index contributed by atoms with van der Waals surface area (Å²) >= 11 is 6.37. The molecule has 1 N–H and O–H groups in total. The molecule has 35 heavy (non-hydrogen) atoms. The summed E-state index contributed by atoms with van der Waals surface area (Å²) in [6, 6.07) is 22.1. The topological polar surface area (TPSA) is 65.6 Å². The van der Waals surface area contributed by atoms with E-state index in [-0.39, 0.29) is 18.4 Å². The van der Waals surface area contributed by atoms with Gasteiger partial charge >= 0.3 is 0 Å². The van der Waals surface area contributed by atoms with Gasteiger partial charge in [-0.1, -0.05) is 66.2 Å². The molecule has 0 saturated carbocycles. The van der Waals surface area contributed by atoms with E-state index in [9.17, 15) is 9.59 Å². The molecule has 176 valence electrons. The third-order valence-corrected chi connectivity index (χ3v) is 7.46. The van der Waals surface area contributed by atoms with Crippen molar-refractivity contribution in [3.8, 4) is 5.75 Å². The Hall–Kier alpha value is -3.77. The fourth-order valence-electron chi connectivity index (χ4n) is 5.51.